The molecule has 1 rings (SSSR count). The summed E-state index contributed by atoms with van der Waals surface area (Å²) in [4.78, 5) is 0. The van der Waals surface area contributed by atoms with E-state index in [0.29, 0.717) is 11.4 Å². The van der Waals surface area contributed by atoms with Gasteiger partial charge in [0.1, 0.15) is 0 Å². The zero-order chi connectivity index (χ0) is 9.14. The van der Waals surface area contributed by atoms with Crippen LogP contribution >= 0.6 is 0 Å². The fourth-order valence-corrected chi connectivity index (χ4v) is 0.936. The molecule has 0 saturated carbocycles. The molecule has 1 aliphatic heterocycles. The van der Waals surface area contributed by atoms with Gasteiger partial charge in [-0.1, -0.05) is 12.2 Å². The summed E-state index contributed by atoms with van der Waals surface area (Å²) in [7, 11) is 0. The third-order valence-corrected chi connectivity index (χ3v) is 1.55. The van der Waals surface area contributed by atoms with Crippen molar-refractivity contribution in [1.82, 2.24) is 10.6 Å². The van der Waals surface area contributed by atoms with Crippen LogP contribution in [0, 0.1) is 0 Å². The maximum atomic E-state index is 12.6. The van der Waals surface area contributed by atoms with Crippen LogP contribution in [0.1, 0.15) is 13.8 Å². The lowest BCUT2D eigenvalue weighted by atomic mass is 10.2. The molecule has 0 aliphatic carbocycles. The number of rotatable bonds is 0. The van der Waals surface area contributed by atoms with Gasteiger partial charge in [-0.3, -0.25) is 0 Å². The fraction of sp³-hybridized carbons (Fsp3) is 0.250. The lowest BCUT2D eigenvalue weighted by molar-refractivity contribution is 0.449. The fourth-order valence-electron chi connectivity index (χ4n) is 0.936. The zero-order valence-corrected chi connectivity index (χ0v) is 6.91. The van der Waals surface area contributed by atoms with Crippen molar-refractivity contribution < 1.29 is 8.78 Å². The van der Waals surface area contributed by atoms with Crippen molar-refractivity contribution >= 4 is 0 Å². The Morgan fingerprint density at radius 3 is 1.50 bits per heavy atom. The van der Waals surface area contributed by atoms with Crippen LogP contribution in [0.3, 0.4) is 0 Å². The predicted octanol–water partition coefficient (Wildman–Crippen LogP) is 2.05. The van der Waals surface area contributed by atoms with Crippen LogP contribution in [0.25, 0.3) is 0 Å². The smallest absolute Gasteiger partial charge is 0.245 e. The third kappa shape index (κ3) is 1.47. The van der Waals surface area contributed by atoms with Crippen LogP contribution in [0.2, 0.25) is 0 Å². The Bertz CT molecular complexity index is 249. The highest BCUT2D eigenvalue weighted by Crippen LogP contribution is 2.17. The second kappa shape index (κ2) is 3.38. The van der Waals surface area contributed by atoms with E-state index in [-0.39, 0.29) is 0 Å². The Morgan fingerprint density at radius 1 is 0.917 bits per heavy atom. The Hall–Kier alpha value is -1.32. The lowest BCUT2D eigenvalue weighted by Gasteiger charge is -2.19. The van der Waals surface area contributed by atoms with Gasteiger partial charge in [0.15, 0.2) is 0 Å². The van der Waals surface area contributed by atoms with Gasteiger partial charge in [0, 0.05) is 0 Å². The monoisotopic (exact) mass is 172 g/mol. The van der Waals surface area contributed by atoms with E-state index in [1.54, 1.807) is 26.0 Å². The third-order valence-electron chi connectivity index (χ3n) is 1.55. The van der Waals surface area contributed by atoms with E-state index >= 15 is 0 Å². The van der Waals surface area contributed by atoms with Gasteiger partial charge in [0.2, 0.25) is 11.9 Å². The maximum Gasteiger partial charge on any atom is 0.245 e. The summed E-state index contributed by atoms with van der Waals surface area (Å²) in [6, 6.07) is 0. The van der Waals surface area contributed by atoms with E-state index in [1.165, 1.54) is 0 Å². The molecule has 66 valence electrons. The van der Waals surface area contributed by atoms with Gasteiger partial charge in [-0.05, 0) is 13.8 Å². The molecule has 4 heteroatoms. The molecule has 0 aromatic heterocycles. The molecule has 2 N–H and O–H groups in total. The highest BCUT2D eigenvalue weighted by Gasteiger charge is 2.17. The molecule has 0 spiro atoms. The largest absolute Gasteiger partial charge is 0.327 e. The van der Waals surface area contributed by atoms with Crippen molar-refractivity contribution in [2.45, 2.75) is 13.8 Å². The van der Waals surface area contributed by atoms with Crippen LogP contribution < -0.4 is 10.6 Å². The molecule has 0 atom stereocenters. The van der Waals surface area contributed by atoms with Crippen molar-refractivity contribution in [1.29, 1.82) is 0 Å². The van der Waals surface area contributed by atoms with Crippen molar-refractivity contribution in [3.8, 4) is 0 Å². The molecule has 12 heavy (non-hydrogen) atoms. The quantitative estimate of drug-likeness (QED) is 0.546. The number of hydrogen-bond donors (Lipinski definition) is 2. The maximum absolute atomic E-state index is 12.6. The molecule has 0 unspecified atom stereocenters. The molecule has 0 aromatic rings. The van der Waals surface area contributed by atoms with Crippen molar-refractivity contribution in [2.75, 3.05) is 0 Å². The van der Waals surface area contributed by atoms with E-state index in [4.69, 9.17) is 0 Å². The van der Waals surface area contributed by atoms with Gasteiger partial charge in [0.05, 0.1) is 11.4 Å². The van der Waals surface area contributed by atoms with E-state index in [1.807, 2.05) is 0 Å². The molecule has 2 nitrogen and oxygen atoms in total. The summed E-state index contributed by atoms with van der Waals surface area (Å²) in [5.74, 6) is -1.96. The molecule has 1 aliphatic rings. The Labute approximate surface area is 69.7 Å². The van der Waals surface area contributed by atoms with Crippen LogP contribution in [0.4, 0.5) is 8.78 Å². The van der Waals surface area contributed by atoms with Gasteiger partial charge < -0.3 is 10.6 Å². The number of halogens is 2. The van der Waals surface area contributed by atoms with E-state index in [0.717, 1.165) is 0 Å². The highest BCUT2D eigenvalue weighted by molar-refractivity contribution is 5.35. The minimum absolute atomic E-state index is 0.538. The molecule has 0 amide bonds. The van der Waals surface area contributed by atoms with Crippen LogP contribution in [-0.4, -0.2) is 0 Å². The Morgan fingerprint density at radius 2 is 1.25 bits per heavy atom. The van der Waals surface area contributed by atoms with Crippen molar-refractivity contribution in [2.24, 2.45) is 0 Å². The molecule has 1 heterocycles. The van der Waals surface area contributed by atoms with E-state index in [9.17, 15) is 8.78 Å². The first-order valence-corrected chi connectivity index (χ1v) is 3.61. The average molecular weight is 172 g/mol. The molecule has 0 radical (unpaired) electrons. The summed E-state index contributed by atoms with van der Waals surface area (Å²) in [5, 5.41) is 4.57. The van der Waals surface area contributed by atoms with Crippen LogP contribution in [-0.2, 0) is 0 Å². The normalized spacial score (nSPS) is 24.3. The lowest BCUT2D eigenvalue weighted by Crippen LogP contribution is -2.28. The first-order valence-electron chi connectivity index (χ1n) is 3.61. The molecule has 0 aromatic carbocycles. The molecular weight excluding hydrogens is 162 g/mol. The second-order valence-corrected chi connectivity index (χ2v) is 2.28. The van der Waals surface area contributed by atoms with Crippen molar-refractivity contribution in [3.63, 3.8) is 0 Å². The molecule has 0 saturated heterocycles. The van der Waals surface area contributed by atoms with Gasteiger partial charge in [-0.2, -0.15) is 8.78 Å². The Balaban J connectivity index is 2.99. The SMILES string of the molecule is CC=C1NC(F)=C(F)NC1=CC. The number of hydrogen-bond acceptors (Lipinski definition) is 2. The summed E-state index contributed by atoms with van der Waals surface area (Å²) < 4.78 is 25.2. The van der Waals surface area contributed by atoms with Crippen LogP contribution in [0.5, 0.6) is 0 Å². The summed E-state index contributed by atoms with van der Waals surface area (Å²) in [5.41, 5.74) is 1.08. The van der Waals surface area contributed by atoms with Gasteiger partial charge in [-0.15, -0.1) is 0 Å². The summed E-state index contributed by atoms with van der Waals surface area (Å²) in [6.45, 7) is 3.48. The van der Waals surface area contributed by atoms with Crippen molar-refractivity contribution in [3.05, 3.63) is 35.4 Å². The Kier molecular flexibility index (Phi) is 2.47. The van der Waals surface area contributed by atoms with Gasteiger partial charge in [-0.25, -0.2) is 0 Å². The summed E-state index contributed by atoms with van der Waals surface area (Å²) in [6.07, 6.45) is 3.32. The highest BCUT2D eigenvalue weighted by atomic mass is 19.2. The first kappa shape index (κ1) is 8.77. The summed E-state index contributed by atoms with van der Waals surface area (Å²) >= 11 is 0. The van der Waals surface area contributed by atoms with Gasteiger partial charge >= 0.3 is 0 Å². The van der Waals surface area contributed by atoms with E-state index in [2.05, 4.69) is 10.6 Å². The average Bonchev–Trinajstić information content (AvgIpc) is 2.09. The zero-order valence-electron chi connectivity index (χ0n) is 6.91. The number of nitrogens with one attached hydrogen (secondary N) is 2. The molecular formula is C8H10F2N2. The minimum atomic E-state index is -0.978. The standard InChI is InChI=1S/C8H10F2N2/c1-3-5-6(4-2)12-8(10)7(9)11-5/h3-4,11-12H,1-2H3. The topological polar surface area (TPSA) is 24.1 Å². The van der Waals surface area contributed by atoms with Crippen LogP contribution in [0.15, 0.2) is 35.4 Å². The van der Waals surface area contributed by atoms with Gasteiger partial charge in [0.25, 0.3) is 0 Å². The first-order chi connectivity index (χ1) is 5.69. The molecule has 0 bridgehead atoms. The second-order valence-electron chi connectivity index (χ2n) is 2.28. The minimum Gasteiger partial charge on any atom is -0.327 e. The predicted molar refractivity (Wildman–Crippen MR) is 43.0 cm³/mol. The molecule has 0 fully saturated rings. The number of allylic oxidation sites excluding steroid dienone is 2. The van der Waals surface area contributed by atoms with E-state index < -0.39 is 11.9 Å².